The summed E-state index contributed by atoms with van der Waals surface area (Å²) < 4.78 is 0.700. The molecule has 1 N–H and O–H groups in total. The number of carbonyl (C=O) groups excluding carboxylic acids is 1. The van der Waals surface area contributed by atoms with Gasteiger partial charge in [0.15, 0.2) is 0 Å². The molecular formula is C13H12Cl2N2OS. The number of carbonyl (C=O) groups is 1. The van der Waals surface area contributed by atoms with Crippen molar-refractivity contribution >= 4 is 40.4 Å². The van der Waals surface area contributed by atoms with Gasteiger partial charge in [0.1, 0.15) is 0 Å². The number of aromatic nitrogens is 1. The van der Waals surface area contributed by atoms with Gasteiger partial charge in [-0.15, -0.1) is 11.3 Å². The molecule has 0 bridgehead atoms. The minimum absolute atomic E-state index is 0.123. The van der Waals surface area contributed by atoms with E-state index in [0.29, 0.717) is 14.9 Å². The zero-order valence-electron chi connectivity index (χ0n) is 10.4. The van der Waals surface area contributed by atoms with E-state index < -0.39 is 0 Å². The smallest absolute Gasteiger partial charge is 0.254 e. The standard InChI is InChI=1S/C13H12Cl2N2OS/c1-7-5-10(14)9(6-16-7)13(18)17-8(2)11-3-4-12(15)19-11/h3-6,8H,1-2H3,(H,17,18). The summed E-state index contributed by atoms with van der Waals surface area (Å²) in [6.07, 6.45) is 1.49. The number of nitrogens with one attached hydrogen (secondary N) is 1. The Bertz CT molecular complexity index is 612. The monoisotopic (exact) mass is 314 g/mol. The van der Waals surface area contributed by atoms with Gasteiger partial charge in [0.25, 0.3) is 5.91 Å². The maximum absolute atomic E-state index is 12.1. The molecule has 0 saturated heterocycles. The van der Waals surface area contributed by atoms with E-state index in [4.69, 9.17) is 23.2 Å². The second kappa shape index (κ2) is 5.90. The Balaban J connectivity index is 2.12. The second-order valence-corrected chi connectivity index (χ2v) is 6.30. The van der Waals surface area contributed by atoms with Gasteiger partial charge in [0.05, 0.1) is 21.0 Å². The van der Waals surface area contributed by atoms with Crippen LogP contribution < -0.4 is 5.32 Å². The number of amides is 1. The van der Waals surface area contributed by atoms with Gasteiger partial charge in [-0.3, -0.25) is 9.78 Å². The highest BCUT2D eigenvalue weighted by Gasteiger charge is 2.15. The molecule has 1 unspecified atom stereocenters. The highest BCUT2D eigenvalue weighted by atomic mass is 35.5. The number of nitrogens with zero attached hydrogens (tertiary/aromatic N) is 1. The molecule has 0 aliphatic heterocycles. The molecule has 19 heavy (non-hydrogen) atoms. The van der Waals surface area contributed by atoms with E-state index in [1.807, 2.05) is 26.0 Å². The number of hydrogen-bond donors (Lipinski definition) is 1. The van der Waals surface area contributed by atoms with Gasteiger partial charge in [-0.25, -0.2) is 0 Å². The van der Waals surface area contributed by atoms with Crippen LogP contribution in [0.3, 0.4) is 0 Å². The number of pyridine rings is 1. The van der Waals surface area contributed by atoms with Gasteiger partial charge >= 0.3 is 0 Å². The van der Waals surface area contributed by atoms with Crippen LogP contribution in [0.2, 0.25) is 9.36 Å². The minimum Gasteiger partial charge on any atom is -0.345 e. The van der Waals surface area contributed by atoms with E-state index in [1.165, 1.54) is 17.5 Å². The van der Waals surface area contributed by atoms with Crippen LogP contribution in [0.4, 0.5) is 0 Å². The van der Waals surface area contributed by atoms with Gasteiger partial charge in [-0.1, -0.05) is 23.2 Å². The molecule has 6 heteroatoms. The third-order valence-corrected chi connectivity index (χ3v) is 4.33. The minimum atomic E-state index is -0.241. The van der Waals surface area contributed by atoms with Gasteiger partial charge in [0, 0.05) is 16.8 Å². The van der Waals surface area contributed by atoms with E-state index in [9.17, 15) is 4.79 Å². The molecule has 0 fully saturated rings. The Morgan fingerprint density at radius 2 is 2.16 bits per heavy atom. The molecule has 2 aromatic rings. The average molecular weight is 315 g/mol. The molecule has 100 valence electrons. The second-order valence-electron chi connectivity index (χ2n) is 4.14. The highest BCUT2D eigenvalue weighted by molar-refractivity contribution is 7.16. The molecule has 0 aliphatic rings. The molecule has 2 aromatic heterocycles. The van der Waals surface area contributed by atoms with Crippen LogP contribution in [0.1, 0.15) is 33.9 Å². The van der Waals surface area contributed by atoms with Crippen molar-refractivity contribution in [3.8, 4) is 0 Å². The zero-order chi connectivity index (χ0) is 14.0. The van der Waals surface area contributed by atoms with Crippen molar-refractivity contribution in [3.05, 3.63) is 49.9 Å². The van der Waals surface area contributed by atoms with Crippen molar-refractivity contribution in [2.24, 2.45) is 0 Å². The van der Waals surface area contributed by atoms with Crippen molar-refractivity contribution in [1.82, 2.24) is 10.3 Å². The predicted octanol–water partition coefficient (Wildman–Crippen LogP) is 4.25. The first-order valence-electron chi connectivity index (χ1n) is 5.65. The number of hydrogen-bond acceptors (Lipinski definition) is 3. The van der Waals surface area contributed by atoms with E-state index in [1.54, 1.807) is 6.07 Å². The van der Waals surface area contributed by atoms with Crippen molar-refractivity contribution in [1.29, 1.82) is 0 Å². The summed E-state index contributed by atoms with van der Waals surface area (Å²) in [6, 6.07) is 5.25. The Morgan fingerprint density at radius 1 is 1.42 bits per heavy atom. The lowest BCUT2D eigenvalue weighted by atomic mass is 10.2. The molecule has 0 aliphatic carbocycles. The van der Waals surface area contributed by atoms with Gasteiger partial charge in [0.2, 0.25) is 0 Å². The van der Waals surface area contributed by atoms with Crippen LogP contribution in [0.15, 0.2) is 24.4 Å². The molecular weight excluding hydrogens is 303 g/mol. The largest absolute Gasteiger partial charge is 0.345 e. The lowest BCUT2D eigenvalue weighted by Gasteiger charge is -2.12. The Kier molecular flexibility index (Phi) is 4.45. The first-order chi connectivity index (χ1) is 8.97. The molecule has 0 spiro atoms. The highest BCUT2D eigenvalue weighted by Crippen LogP contribution is 2.27. The Morgan fingerprint density at radius 3 is 2.74 bits per heavy atom. The molecule has 2 heterocycles. The van der Waals surface area contributed by atoms with Crippen LogP contribution >= 0.6 is 34.5 Å². The number of halogens is 2. The van der Waals surface area contributed by atoms with Crippen molar-refractivity contribution in [2.75, 3.05) is 0 Å². The van der Waals surface area contributed by atoms with Crippen LogP contribution in [0, 0.1) is 6.92 Å². The third kappa shape index (κ3) is 3.47. The summed E-state index contributed by atoms with van der Waals surface area (Å²) in [5.74, 6) is -0.241. The van der Waals surface area contributed by atoms with Crippen molar-refractivity contribution in [2.45, 2.75) is 19.9 Å². The maximum atomic E-state index is 12.1. The molecule has 1 atom stereocenters. The first kappa shape index (κ1) is 14.3. The molecule has 2 rings (SSSR count). The van der Waals surface area contributed by atoms with Crippen LogP contribution in [0.5, 0.6) is 0 Å². The van der Waals surface area contributed by atoms with Gasteiger partial charge in [-0.2, -0.15) is 0 Å². The van der Waals surface area contributed by atoms with E-state index in [-0.39, 0.29) is 11.9 Å². The Labute approximate surface area is 125 Å². The lowest BCUT2D eigenvalue weighted by Crippen LogP contribution is -2.26. The number of aryl methyl sites for hydroxylation is 1. The van der Waals surface area contributed by atoms with E-state index >= 15 is 0 Å². The SMILES string of the molecule is Cc1cc(Cl)c(C(=O)NC(C)c2ccc(Cl)s2)cn1. The molecule has 1 amide bonds. The maximum Gasteiger partial charge on any atom is 0.254 e. The predicted molar refractivity (Wildman–Crippen MR) is 79.2 cm³/mol. The summed E-state index contributed by atoms with van der Waals surface area (Å²) in [6.45, 7) is 3.72. The third-order valence-electron chi connectivity index (χ3n) is 2.60. The van der Waals surface area contributed by atoms with Crippen molar-refractivity contribution in [3.63, 3.8) is 0 Å². The fraction of sp³-hybridized carbons (Fsp3) is 0.231. The van der Waals surface area contributed by atoms with Crippen molar-refractivity contribution < 1.29 is 4.79 Å². The fourth-order valence-electron chi connectivity index (χ4n) is 1.60. The molecule has 0 radical (unpaired) electrons. The average Bonchev–Trinajstić information content (AvgIpc) is 2.75. The van der Waals surface area contributed by atoms with E-state index in [2.05, 4.69) is 10.3 Å². The zero-order valence-corrected chi connectivity index (χ0v) is 12.7. The lowest BCUT2D eigenvalue weighted by molar-refractivity contribution is 0.0940. The Hall–Kier alpha value is -1.10. The summed E-state index contributed by atoms with van der Waals surface area (Å²) in [4.78, 5) is 17.2. The molecule has 0 aromatic carbocycles. The number of rotatable bonds is 3. The first-order valence-corrected chi connectivity index (χ1v) is 7.23. The van der Waals surface area contributed by atoms with Crippen LogP contribution in [0.25, 0.3) is 0 Å². The summed E-state index contributed by atoms with van der Waals surface area (Å²) in [5.41, 5.74) is 1.15. The number of thiophene rings is 1. The quantitative estimate of drug-likeness (QED) is 0.920. The summed E-state index contributed by atoms with van der Waals surface area (Å²) >= 11 is 13.4. The van der Waals surface area contributed by atoms with Crippen LogP contribution in [-0.2, 0) is 0 Å². The summed E-state index contributed by atoms with van der Waals surface area (Å²) in [5, 5.41) is 3.28. The normalized spacial score (nSPS) is 12.2. The van der Waals surface area contributed by atoms with Gasteiger partial charge < -0.3 is 5.32 Å². The topological polar surface area (TPSA) is 42.0 Å². The molecule has 3 nitrogen and oxygen atoms in total. The van der Waals surface area contributed by atoms with Crippen LogP contribution in [-0.4, -0.2) is 10.9 Å². The summed E-state index contributed by atoms with van der Waals surface area (Å²) in [7, 11) is 0. The van der Waals surface area contributed by atoms with Gasteiger partial charge in [-0.05, 0) is 32.0 Å². The van der Waals surface area contributed by atoms with E-state index in [0.717, 1.165) is 10.6 Å². The fourth-order valence-corrected chi connectivity index (χ4v) is 2.96. The molecule has 0 saturated carbocycles.